The molecule has 2 nitrogen and oxygen atoms in total. The molecule has 0 spiro atoms. The molecule has 1 aliphatic carbocycles. The number of nitrogens with one attached hydrogen (secondary N) is 1. The van der Waals surface area contributed by atoms with Crippen molar-refractivity contribution in [3.05, 3.63) is 0 Å². The number of hydrogen-bond donors (Lipinski definition) is 1. The van der Waals surface area contributed by atoms with Crippen molar-refractivity contribution in [2.75, 3.05) is 13.1 Å². The van der Waals surface area contributed by atoms with Crippen molar-refractivity contribution in [2.45, 2.75) is 77.9 Å². The van der Waals surface area contributed by atoms with E-state index < -0.39 is 0 Å². The average molecular weight is 252 g/mol. The van der Waals surface area contributed by atoms with Crippen LogP contribution in [-0.4, -0.2) is 36.1 Å². The molecule has 2 aliphatic rings. The van der Waals surface area contributed by atoms with Gasteiger partial charge in [0, 0.05) is 24.7 Å². The van der Waals surface area contributed by atoms with Crippen LogP contribution in [0, 0.1) is 11.8 Å². The monoisotopic (exact) mass is 252 g/mol. The van der Waals surface area contributed by atoms with Gasteiger partial charge in [-0.15, -0.1) is 0 Å². The fourth-order valence-corrected chi connectivity index (χ4v) is 4.08. The van der Waals surface area contributed by atoms with Gasteiger partial charge in [0.2, 0.25) is 0 Å². The Bertz CT molecular complexity index is 251. The lowest BCUT2D eigenvalue weighted by molar-refractivity contribution is 0.0939. The van der Waals surface area contributed by atoms with E-state index in [1.165, 1.54) is 45.2 Å². The lowest BCUT2D eigenvalue weighted by Crippen LogP contribution is -2.54. The summed E-state index contributed by atoms with van der Waals surface area (Å²) in [7, 11) is 0. The van der Waals surface area contributed by atoms with Crippen molar-refractivity contribution in [3.8, 4) is 0 Å². The van der Waals surface area contributed by atoms with Crippen LogP contribution >= 0.6 is 0 Å². The Kier molecular flexibility index (Phi) is 5.08. The van der Waals surface area contributed by atoms with Crippen molar-refractivity contribution in [3.63, 3.8) is 0 Å². The summed E-state index contributed by atoms with van der Waals surface area (Å²) in [6.07, 6.45) is 6.84. The third-order valence-electron chi connectivity index (χ3n) is 4.99. The van der Waals surface area contributed by atoms with Crippen molar-refractivity contribution >= 4 is 0 Å². The predicted octanol–water partition coefficient (Wildman–Crippen LogP) is 3.27. The molecule has 1 heterocycles. The highest BCUT2D eigenvalue weighted by molar-refractivity contribution is 4.95. The molecule has 2 rings (SSSR count). The maximum absolute atomic E-state index is 3.81. The summed E-state index contributed by atoms with van der Waals surface area (Å²) in [5.74, 6) is 1.81. The second-order valence-corrected chi connectivity index (χ2v) is 6.93. The maximum Gasteiger partial charge on any atom is 0.0254 e. The summed E-state index contributed by atoms with van der Waals surface area (Å²) in [5, 5.41) is 3.81. The van der Waals surface area contributed by atoms with E-state index in [0.29, 0.717) is 0 Å². The zero-order valence-electron chi connectivity index (χ0n) is 12.8. The molecule has 2 heteroatoms. The Balaban J connectivity index is 2.00. The highest BCUT2D eigenvalue weighted by Crippen LogP contribution is 2.33. The van der Waals surface area contributed by atoms with Crippen molar-refractivity contribution in [1.82, 2.24) is 10.2 Å². The van der Waals surface area contributed by atoms with Crippen LogP contribution in [0.5, 0.6) is 0 Å². The first-order valence-corrected chi connectivity index (χ1v) is 8.11. The van der Waals surface area contributed by atoms with Crippen LogP contribution in [0.1, 0.15) is 59.8 Å². The molecule has 0 aromatic heterocycles. The van der Waals surface area contributed by atoms with Gasteiger partial charge in [-0.3, -0.25) is 4.90 Å². The Morgan fingerprint density at radius 1 is 1.06 bits per heavy atom. The van der Waals surface area contributed by atoms with Crippen LogP contribution in [0.4, 0.5) is 0 Å². The first-order chi connectivity index (χ1) is 8.61. The molecule has 0 aromatic rings. The first kappa shape index (κ1) is 14.3. The van der Waals surface area contributed by atoms with E-state index >= 15 is 0 Å². The summed E-state index contributed by atoms with van der Waals surface area (Å²) >= 11 is 0. The summed E-state index contributed by atoms with van der Waals surface area (Å²) < 4.78 is 0. The van der Waals surface area contributed by atoms with E-state index in [-0.39, 0.29) is 0 Å². The van der Waals surface area contributed by atoms with Gasteiger partial charge < -0.3 is 5.32 Å². The van der Waals surface area contributed by atoms with Crippen LogP contribution in [0.2, 0.25) is 0 Å². The van der Waals surface area contributed by atoms with Gasteiger partial charge in [-0.25, -0.2) is 0 Å². The van der Waals surface area contributed by atoms with E-state index in [1.807, 2.05) is 0 Å². The number of rotatable bonds is 4. The predicted molar refractivity (Wildman–Crippen MR) is 78.8 cm³/mol. The molecule has 1 N–H and O–H groups in total. The second-order valence-electron chi connectivity index (χ2n) is 6.93. The lowest BCUT2D eigenvalue weighted by atomic mass is 9.82. The highest BCUT2D eigenvalue weighted by atomic mass is 15.2. The average Bonchev–Trinajstić information content (AvgIpc) is 2.67. The molecule has 18 heavy (non-hydrogen) atoms. The van der Waals surface area contributed by atoms with Gasteiger partial charge in [0.15, 0.2) is 0 Å². The fourth-order valence-electron chi connectivity index (χ4n) is 4.08. The van der Waals surface area contributed by atoms with Crippen LogP contribution in [0.3, 0.4) is 0 Å². The van der Waals surface area contributed by atoms with Crippen molar-refractivity contribution < 1.29 is 0 Å². The molecule has 5 atom stereocenters. The Morgan fingerprint density at radius 3 is 2.44 bits per heavy atom. The minimum Gasteiger partial charge on any atom is -0.312 e. The standard InChI is InChI=1S/C16H32N2/c1-5-8-17-15-7-6-12(2)10-16(15)18-11-13(3)9-14(18)4/h12-17H,5-11H2,1-4H3. The van der Waals surface area contributed by atoms with E-state index in [2.05, 4.69) is 37.9 Å². The number of nitrogens with zero attached hydrogens (tertiary/aromatic N) is 1. The fraction of sp³-hybridized carbons (Fsp3) is 1.00. The second kappa shape index (κ2) is 6.38. The number of hydrogen-bond acceptors (Lipinski definition) is 2. The normalized spacial score (nSPS) is 42.3. The van der Waals surface area contributed by atoms with Crippen LogP contribution in [0.15, 0.2) is 0 Å². The molecular formula is C16H32N2. The molecule has 0 amide bonds. The minimum atomic E-state index is 0.744. The maximum atomic E-state index is 3.81. The molecule has 1 aliphatic heterocycles. The zero-order valence-corrected chi connectivity index (χ0v) is 12.8. The SMILES string of the molecule is CCCNC1CCC(C)CC1N1CC(C)CC1C. The Labute approximate surface area is 114 Å². The van der Waals surface area contributed by atoms with E-state index in [1.54, 1.807) is 0 Å². The lowest BCUT2D eigenvalue weighted by Gasteiger charge is -2.43. The van der Waals surface area contributed by atoms with Gasteiger partial charge in [0.05, 0.1) is 0 Å². The van der Waals surface area contributed by atoms with E-state index in [0.717, 1.165) is 30.0 Å². The topological polar surface area (TPSA) is 15.3 Å². The van der Waals surface area contributed by atoms with Crippen LogP contribution in [-0.2, 0) is 0 Å². The number of likely N-dealkylation sites (tertiary alicyclic amines) is 1. The van der Waals surface area contributed by atoms with E-state index in [4.69, 9.17) is 0 Å². The molecule has 106 valence electrons. The highest BCUT2D eigenvalue weighted by Gasteiger charge is 2.38. The molecule has 1 saturated heterocycles. The van der Waals surface area contributed by atoms with Crippen LogP contribution < -0.4 is 5.32 Å². The summed E-state index contributed by atoms with van der Waals surface area (Å²) in [6, 6.07) is 2.33. The summed E-state index contributed by atoms with van der Waals surface area (Å²) in [4.78, 5) is 2.81. The molecular weight excluding hydrogens is 220 g/mol. The Hall–Kier alpha value is -0.0800. The van der Waals surface area contributed by atoms with Crippen molar-refractivity contribution in [1.29, 1.82) is 0 Å². The third-order valence-corrected chi connectivity index (χ3v) is 4.99. The molecule has 2 fully saturated rings. The summed E-state index contributed by atoms with van der Waals surface area (Å²) in [6.45, 7) is 12.1. The van der Waals surface area contributed by atoms with Gasteiger partial charge in [0.1, 0.15) is 0 Å². The molecule has 1 saturated carbocycles. The van der Waals surface area contributed by atoms with Gasteiger partial charge in [-0.1, -0.05) is 20.8 Å². The summed E-state index contributed by atoms with van der Waals surface area (Å²) in [5.41, 5.74) is 0. The van der Waals surface area contributed by atoms with Crippen molar-refractivity contribution in [2.24, 2.45) is 11.8 Å². The smallest absolute Gasteiger partial charge is 0.0254 e. The van der Waals surface area contributed by atoms with Gasteiger partial charge in [0.25, 0.3) is 0 Å². The molecule has 0 bridgehead atoms. The molecule has 0 radical (unpaired) electrons. The van der Waals surface area contributed by atoms with E-state index in [9.17, 15) is 0 Å². The third kappa shape index (κ3) is 3.27. The largest absolute Gasteiger partial charge is 0.312 e. The quantitative estimate of drug-likeness (QED) is 0.826. The van der Waals surface area contributed by atoms with Gasteiger partial charge in [-0.2, -0.15) is 0 Å². The molecule has 0 aromatic carbocycles. The van der Waals surface area contributed by atoms with Gasteiger partial charge in [-0.05, 0) is 57.4 Å². The van der Waals surface area contributed by atoms with Gasteiger partial charge >= 0.3 is 0 Å². The zero-order chi connectivity index (χ0) is 13.1. The van der Waals surface area contributed by atoms with Crippen LogP contribution in [0.25, 0.3) is 0 Å². The first-order valence-electron chi connectivity index (χ1n) is 8.11. The molecule has 5 unspecified atom stereocenters. The minimum absolute atomic E-state index is 0.744. The Morgan fingerprint density at radius 2 is 1.83 bits per heavy atom.